The molecule has 2 N–H and O–H groups in total. The molecule has 5 nitrogen and oxygen atoms in total. The van der Waals surface area contributed by atoms with Crippen molar-refractivity contribution < 1.29 is 14.0 Å². The maximum absolute atomic E-state index is 13.5. The van der Waals surface area contributed by atoms with Gasteiger partial charge in [0.2, 0.25) is 0 Å². The van der Waals surface area contributed by atoms with Crippen molar-refractivity contribution in [3.05, 3.63) is 101 Å². The Labute approximate surface area is 161 Å². The quantitative estimate of drug-likeness (QED) is 0.519. The van der Waals surface area contributed by atoms with Gasteiger partial charge in [-0.25, -0.2) is 9.82 Å². The average molecular weight is 375 g/mol. The SMILES string of the molecule is Cc1cccc(C(=O)Nc2ccc(C(=O)N/N=C\c3ccccc3F)cc2)c1. The summed E-state index contributed by atoms with van der Waals surface area (Å²) >= 11 is 0. The summed E-state index contributed by atoms with van der Waals surface area (Å²) in [5, 5.41) is 6.54. The zero-order valence-corrected chi connectivity index (χ0v) is 15.1. The number of nitrogens with zero attached hydrogens (tertiary/aromatic N) is 1. The summed E-state index contributed by atoms with van der Waals surface area (Å²) in [6.07, 6.45) is 1.24. The Morgan fingerprint density at radius 1 is 0.893 bits per heavy atom. The van der Waals surface area contributed by atoms with Gasteiger partial charge in [0.25, 0.3) is 11.8 Å². The number of hydrogen-bond acceptors (Lipinski definition) is 3. The third kappa shape index (κ3) is 4.88. The molecule has 0 atom stereocenters. The standard InChI is InChI=1S/C22H18FN3O2/c1-15-5-4-7-17(13-15)21(27)25-19-11-9-16(10-12-19)22(28)26-24-14-18-6-2-3-8-20(18)23/h2-14H,1H3,(H,25,27)(H,26,28)/b24-14-. The molecule has 0 spiro atoms. The van der Waals surface area contributed by atoms with Gasteiger partial charge >= 0.3 is 0 Å². The molecule has 0 heterocycles. The summed E-state index contributed by atoms with van der Waals surface area (Å²) in [5.41, 5.74) is 5.10. The largest absolute Gasteiger partial charge is 0.322 e. The molecule has 0 aliphatic heterocycles. The summed E-state index contributed by atoms with van der Waals surface area (Å²) in [7, 11) is 0. The number of carbonyl (C=O) groups excluding carboxylic acids is 2. The molecule has 6 heteroatoms. The number of hydrogen-bond donors (Lipinski definition) is 2. The van der Waals surface area contributed by atoms with Crippen LogP contribution in [0.4, 0.5) is 10.1 Å². The molecule has 0 saturated heterocycles. The molecule has 0 aromatic heterocycles. The topological polar surface area (TPSA) is 70.6 Å². The molecule has 0 saturated carbocycles. The lowest BCUT2D eigenvalue weighted by molar-refractivity contribution is 0.0954. The predicted molar refractivity (Wildman–Crippen MR) is 107 cm³/mol. The van der Waals surface area contributed by atoms with Gasteiger partial charge in [0, 0.05) is 22.4 Å². The van der Waals surface area contributed by atoms with E-state index in [1.807, 2.05) is 19.1 Å². The Kier molecular flexibility index (Phi) is 5.91. The van der Waals surface area contributed by atoms with Crippen LogP contribution in [-0.4, -0.2) is 18.0 Å². The third-order valence-corrected chi connectivity index (χ3v) is 3.96. The van der Waals surface area contributed by atoms with Crippen LogP contribution in [0.1, 0.15) is 31.8 Å². The molecule has 3 rings (SSSR count). The smallest absolute Gasteiger partial charge is 0.271 e. The lowest BCUT2D eigenvalue weighted by Gasteiger charge is -2.07. The first kappa shape index (κ1) is 19.0. The Morgan fingerprint density at radius 3 is 2.36 bits per heavy atom. The van der Waals surface area contributed by atoms with E-state index in [0.717, 1.165) is 5.56 Å². The van der Waals surface area contributed by atoms with Crippen LogP contribution < -0.4 is 10.7 Å². The molecule has 28 heavy (non-hydrogen) atoms. The van der Waals surface area contributed by atoms with Gasteiger partial charge in [0.05, 0.1) is 6.21 Å². The van der Waals surface area contributed by atoms with E-state index in [-0.39, 0.29) is 11.5 Å². The summed E-state index contributed by atoms with van der Waals surface area (Å²) in [6.45, 7) is 1.92. The second-order valence-corrected chi connectivity index (χ2v) is 6.12. The van der Waals surface area contributed by atoms with E-state index in [4.69, 9.17) is 0 Å². The first-order valence-corrected chi connectivity index (χ1v) is 8.59. The Balaban J connectivity index is 1.60. The van der Waals surface area contributed by atoms with E-state index in [1.165, 1.54) is 12.3 Å². The second-order valence-electron chi connectivity index (χ2n) is 6.12. The van der Waals surface area contributed by atoms with Crippen molar-refractivity contribution >= 4 is 23.7 Å². The van der Waals surface area contributed by atoms with Gasteiger partial charge < -0.3 is 5.32 Å². The molecular weight excluding hydrogens is 357 g/mol. The number of aryl methyl sites for hydroxylation is 1. The van der Waals surface area contributed by atoms with Crippen LogP contribution in [0.5, 0.6) is 0 Å². The fourth-order valence-corrected chi connectivity index (χ4v) is 2.50. The molecule has 0 unspecified atom stereocenters. The highest BCUT2D eigenvalue weighted by molar-refractivity contribution is 6.04. The van der Waals surface area contributed by atoms with E-state index < -0.39 is 11.7 Å². The molecule has 3 aromatic rings. The van der Waals surface area contributed by atoms with Crippen LogP contribution in [0.25, 0.3) is 0 Å². The lowest BCUT2D eigenvalue weighted by Crippen LogP contribution is -2.18. The maximum atomic E-state index is 13.5. The molecule has 0 radical (unpaired) electrons. The zero-order chi connectivity index (χ0) is 19.9. The third-order valence-electron chi connectivity index (χ3n) is 3.96. The van der Waals surface area contributed by atoms with Crippen molar-refractivity contribution in [1.82, 2.24) is 5.43 Å². The van der Waals surface area contributed by atoms with Crippen LogP contribution in [-0.2, 0) is 0 Å². The summed E-state index contributed by atoms with van der Waals surface area (Å²) in [5.74, 6) is -1.09. The minimum absolute atomic E-state index is 0.226. The maximum Gasteiger partial charge on any atom is 0.271 e. The summed E-state index contributed by atoms with van der Waals surface area (Å²) in [6, 6.07) is 19.8. The molecule has 2 amide bonds. The number of halogens is 1. The number of anilines is 1. The van der Waals surface area contributed by atoms with E-state index in [9.17, 15) is 14.0 Å². The molecule has 0 fully saturated rings. The van der Waals surface area contributed by atoms with Crippen LogP contribution >= 0.6 is 0 Å². The number of carbonyl (C=O) groups is 2. The normalized spacial score (nSPS) is 10.6. The van der Waals surface area contributed by atoms with E-state index >= 15 is 0 Å². The summed E-state index contributed by atoms with van der Waals surface area (Å²) < 4.78 is 13.5. The van der Waals surface area contributed by atoms with Gasteiger partial charge in [-0.15, -0.1) is 0 Å². The first-order chi connectivity index (χ1) is 13.5. The minimum Gasteiger partial charge on any atom is -0.322 e. The zero-order valence-electron chi connectivity index (χ0n) is 15.1. The van der Waals surface area contributed by atoms with Crippen LogP contribution in [0, 0.1) is 12.7 Å². The number of rotatable bonds is 5. The van der Waals surface area contributed by atoms with Gasteiger partial charge in [0.1, 0.15) is 5.82 Å². The summed E-state index contributed by atoms with van der Waals surface area (Å²) in [4.78, 5) is 24.4. The number of benzene rings is 3. The predicted octanol–water partition coefficient (Wildman–Crippen LogP) is 4.15. The second kappa shape index (κ2) is 8.73. The Hall–Kier alpha value is -3.80. The van der Waals surface area contributed by atoms with Gasteiger partial charge in [-0.3, -0.25) is 9.59 Å². The van der Waals surface area contributed by atoms with Crippen molar-refractivity contribution in [2.45, 2.75) is 6.92 Å². The van der Waals surface area contributed by atoms with E-state index in [0.29, 0.717) is 16.8 Å². The van der Waals surface area contributed by atoms with Gasteiger partial charge in [-0.2, -0.15) is 5.10 Å². The van der Waals surface area contributed by atoms with Gasteiger partial charge in [-0.1, -0.05) is 35.9 Å². The molecule has 140 valence electrons. The van der Waals surface area contributed by atoms with Crippen molar-refractivity contribution in [2.75, 3.05) is 5.32 Å². The number of nitrogens with one attached hydrogen (secondary N) is 2. The van der Waals surface area contributed by atoms with Crippen molar-refractivity contribution in [3.63, 3.8) is 0 Å². The van der Waals surface area contributed by atoms with Crippen LogP contribution in [0.3, 0.4) is 0 Å². The van der Waals surface area contributed by atoms with Gasteiger partial charge in [0.15, 0.2) is 0 Å². The molecule has 0 aliphatic carbocycles. The molecular formula is C22H18FN3O2. The van der Waals surface area contributed by atoms with Crippen molar-refractivity contribution in [3.8, 4) is 0 Å². The fraction of sp³-hybridized carbons (Fsp3) is 0.0455. The van der Waals surface area contributed by atoms with Crippen LogP contribution in [0.2, 0.25) is 0 Å². The molecule has 0 aliphatic rings. The number of hydrazone groups is 1. The molecule has 3 aromatic carbocycles. The molecule has 0 bridgehead atoms. The monoisotopic (exact) mass is 375 g/mol. The van der Waals surface area contributed by atoms with E-state index in [2.05, 4.69) is 15.8 Å². The highest BCUT2D eigenvalue weighted by Gasteiger charge is 2.08. The fourth-order valence-electron chi connectivity index (χ4n) is 2.50. The highest BCUT2D eigenvalue weighted by Crippen LogP contribution is 2.12. The van der Waals surface area contributed by atoms with Crippen molar-refractivity contribution in [2.24, 2.45) is 5.10 Å². The Morgan fingerprint density at radius 2 is 1.64 bits per heavy atom. The lowest BCUT2D eigenvalue weighted by atomic mass is 10.1. The minimum atomic E-state index is -0.441. The average Bonchev–Trinajstić information content (AvgIpc) is 2.70. The number of amides is 2. The van der Waals surface area contributed by atoms with Crippen LogP contribution in [0.15, 0.2) is 77.9 Å². The Bertz CT molecular complexity index is 1030. The van der Waals surface area contributed by atoms with Crippen molar-refractivity contribution in [1.29, 1.82) is 0 Å². The first-order valence-electron chi connectivity index (χ1n) is 8.59. The van der Waals surface area contributed by atoms with Gasteiger partial charge in [-0.05, 0) is 49.4 Å². The van der Waals surface area contributed by atoms with E-state index in [1.54, 1.807) is 54.6 Å². The highest BCUT2D eigenvalue weighted by atomic mass is 19.1.